The van der Waals surface area contributed by atoms with Gasteiger partial charge in [-0.2, -0.15) is 5.26 Å². The van der Waals surface area contributed by atoms with E-state index in [1.807, 2.05) is 0 Å². The number of rotatable bonds is 8. The maximum Gasteiger partial charge on any atom is 0.145 e. The molecule has 2 aliphatic heterocycles. The van der Waals surface area contributed by atoms with Crippen molar-refractivity contribution in [2.45, 2.75) is 76.3 Å². The lowest BCUT2D eigenvalue weighted by molar-refractivity contribution is 0.0584. The van der Waals surface area contributed by atoms with Crippen molar-refractivity contribution in [2.24, 2.45) is 11.3 Å². The minimum Gasteiger partial charge on any atom is -0.395 e. The van der Waals surface area contributed by atoms with Gasteiger partial charge in [0.15, 0.2) is 0 Å². The number of ether oxygens (including phenoxy) is 1. The highest BCUT2D eigenvalue weighted by Gasteiger charge is 2.62. The van der Waals surface area contributed by atoms with Gasteiger partial charge in [-0.05, 0) is 73.7 Å². The minimum absolute atomic E-state index is 0.0713. The number of hydrogen-bond acceptors (Lipinski definition) is 4. The molecule has 0 radical (unpaired) electrons. The number of aliphatic hydroxyl groups is 1. The van der Waals surface area contributed by atoms with E-state index < -0.39 is 35.1 Å². The lowest BCUT2D eigenvalue weighted by Crippen LogP contribution is -2.47. The highest BCUT2D eigenvalue weighted by atomic mass is 35.5. The SMILES string of the molecule is CC(C)(C)C[C@@H]1N(CCCC2CCOCC2)[C@@H](CO)[C@H](c2cccc(Cl)c2F)[C@@]1(C#N)c1ccc(Cl)cc1F. The Kier molecular flexibility index (Phi) is 9.61. The molecule has 2 heterocycles. The summed E-state index contributed by atoms with van der Waals surface area (Å²) in [6.07, 6.45) is 4.41. The molecule has 4 nitrogen and oxygen atoms in total. The molecule has 0 amide bonds. The van der Waals surface area contributed by atoms with Gasteiger partial charge in [-0.15, -0.1) is 0 Å². The van der Waals surface area contributed by atoms with E-state index >= 15 is 8.78 Å². The second-order valence-corrected chi connectivity index (χ2v) is 13.0. The van der Waals surface area contributed by atoms with E-state index in [9.17, 15) is 10.4 Å². The first kappa shape index (κ1) is 30.2. The van der Waals surface area contributed by atoms with Crippen molar-refractivity contribution in [1.82, 2.24) is 4.90 Å². The summed E-state index contributed by atoms with van der Waals surface area (Å²) in [4.78, 5) is 2.15. The average Bonchev–Trinajstić information content (AvgIpc) is 3.14. The Balaban J connectivity index is 1.89. The van der Waals surface area contributed by atoms with Crippen LogP contribution in [0.15, 0.2) is 36.4 Å². The van der Waals surface area contributed by atoms with Crippen molar-refractivity contribution in [3.05, 3.63) is 69.2 Å². The Hall–Kier alpha value is -1.75. The maximum atomic E-state index is 15.8. The maximum absolute atomic E-state index is 15.8. The zero-order valence-corrected chi connectivity index (χ0v) is 24.4. The first-order valence-corrected chi connectivity index (χ1v) is 14.5. The van der Waals surface area contributed by atoms with E-state index in [0.29, 0.717) is 18.9 Å². The topological polar surface area (TPSA) is 56.5 Å². The molecule has 0 saturated carbocycles. The molecule has 2 saturated heterocycles. The molecule has 0 aromatic heterocycles. The van der Waals surface area contributed by atoms with Gasteiger partial charge in [-0.25, -0.2) is 8.78 Å². The van der Waals surface area contributed by atoms with E-state index in [1.54, 1.807) is 24.3 Å². The van der Waals surface area contributed by atoms with Crippen LogP contribution in [0.2, 0.25) is 10.0 Å². The van der Waals surface area contributed by atoms with E-state index in [-0.39, 0.29) is 33.2 Å². The number of likely N-dealkylation sites (tertiary alicyclic amines) is 1. The fraction of sp³-hybridized carbons (Fsp3) is 0.581. The van der Waals surface area contributed by atoms with Crippen LogP contribution < -0.4 is 0 Å². The van der Waals surface area contributed by atoms with Gasteiger partial charge in [0.2, 0.25) is 0 Å². The Morgan fingerprint density at radius 1 is 1.15 bits per heavy atom. The molecule has 2 fully saturated rings. The van der Waals surface area contributed by atoms with Gasteiger partial charge < -0.3 is 9.84 Å². The highest BCUT2D eigenvalue weighted by Crippen LogP contribution is 2.56. The lowest BCUT2D eigenvalue weighted by Gasteiger charge is -2.39. The number of hydrogen-bond donors (Lipinski definition) is 1. The number of halogens is 4. The second-order valence-electron chi connectivity index (χ2n) is 12.2. The van der Waals surface area contributed by atoms with Crippen LogP contribution in [0.5, 0.6) is 0 Å². The molecule has 2 aliphatic rings. The van der Waals surface area contributed by atoms with Crippen molar-refractivity contribution in [3.8, 4) is 6.07 Å². The third-order valence-corrected chi connectivity index (χ3v) is 8.99. The summed E-state index contributed by atoms with van der Waals surface area (Å²) in [6, 6.07) is 10.4. The van der Waals surface area contributed by atoms with E-state index in [1.165, 1.54) is 12.1 Å². The summed E-state index contributed by atoms with van der Waals surface area (Å²) in [7, 11) is 0. The van der Waals surface area contributed by atoms with Gasteiger partial charge >= 0.3 is 0 Å². The molecule has 0 spiro atoms. The molecule has 212 valence electrons. The van der Waals surface area contributed by atoms with Crippen molar-refractivity contribution < 1.29 is 18.6 Å². The summed E-state index contributed by atoms with van der Waals surface area (Å²) in [5.74, 6) is -1.56. The molecule has 2 aromatic rings. The minimum atomic E-state index is -1.50. The second kappa shape index (κ2) is 12.4. The van der Waals surface area contributed by atoms with Crippen LogP contribution in [0.25, 0.3) is 0 Å². The molecule has 2 aromatic carbocycles. The first-order chi connectivity index (χ1) is 18.5. The first-order valence-electron chi connectivity index (χ1n) is 13.8. The zero-order chi connectivity index (χ0) is 28.4. The van der Waals surface area contributed by atoms with Gasteiger partial charge in [0.05, 0.1) is 17.7 Å². The van der Waals surface area contributed by atoms with Gasteiger partial charge in [0, 0.05) is 41.8 Å². The number of nitrogens with zero attached hydrogens (tertiary/aromatic N) is 2. The van der Waals surface area contributed by atoms with Crippen LogP contribution in [-0.2, 0) is 10.2 Å². The average molecular weight is 580 g/mol. The van der Waals surface area contributed by atoms with Crippen LogP contribution in [-0.4, -0.2) is 48.5 Å². The zero-order valence-electron chi connectivity index (χ0n) is 22.9. The quantitative estimate of drug-likeness (QED) is 0.352. The molecule has 0 aliphatic carbocycles. The molecule has 39 heavy (non-hydrogen) atoms. The molecular formula is C31H38Cl2F2N2O2. The van der Waals surface area contributed by atoms with Crippen molar-refractivity contribution in [2.75, 3.05) is 26.4 Å². The van der Waals surface area contributed by atoms with Crippen molar-refractivity contribution >= 4 is 23.2 Å². The third kappa shape index (κ3) is 6.14. The van der Waals surface area contributed by atoms with Crippen molar-refractivity contribution in [1.29, 1.82) is 5.26 Å². The molecule has 0 unspecified atom stereocenters. The summed E-state index contributed by atoms with van der Waals surface area (Å²) in [6.45, 7) is 8.06. The monoisotopic (exact) mass is 578 g/mol. The van der Waals surface area contributed by atoms with E-state index in [0.717, 1.165) is 38.9 Å². The Bertz CT molecular complexity index is 1190. The standard InChI is InChI=1S/C31H38Cl2F2N2O2/c1-30(2,3)17-27-31(19-36,23-10-9-21(32)16-25(23)34)28(22-7-4-8-24(33)29(22)35)26(18-38)37(27)13-5-6-20-11-14-39-15-12-20/h4,7-10,16,20,26-28,38H,5-6,11-15,17-18H2,1-3H3/t26-,27-,28-,31-/m0/s1. The highest BCUT2D eigenvalue weighted by molar-refractivity contribution is 6.31. The van der Waals surface area contributed by atoms with Gasteiger partial charge in [-0.1, -0.05) is 62.2 Å². The number of aliphatic hydroxyl groups excluding tert-OH is 1. The molecular weight excluding hydrogens is 541 g/mol. The fourth-order valence-electron chi connectivity index (χ4n) is 6.77. The van der Waals surface area contributed by atoms with Gasteiger partial charge in [0.25, 0.3) is 0 Å². The predicted molar refractivity (Wildman–Crippen MR) is 151 cm³/mol. The summed E-state index contributed by atoms with van der Waals surface area (Å²) < 4.78 is 37.1. The predicted octanol–water partition coefficient (Wildman–Crippen LogP) is 7.50. The molecule has 4 rings (SSSR count). The molecule has 8 heteroatoms. The summed E-state index contributed by atoms with van der Waals surface area (Å²) in [5, 5.41) is 22.0. The van der Waals surface area contributed by atoms with Crippen LogP contribution in [0.1, 0.15) is 69.9 Å². The van der Waals surface area contributed by atoms with Crippen LogP contribution in [0, 0.1) is 34.3 Å². The molecule has 4 atom stereocenters. The van der Waals surface area contributed by atoms with E-state index in [2.05, 4.69) is 31.7 Å². The summed E-state index contributed by atoms with van der Waals surface area (Å²) in [5.41, 5.74) is -1.36. The normalized spacial score (nSPS) is 26.6. The van der Waals surface area contributed by atoms with Crippen LogP contribution in [0.3, 0.4) is 0 Å². The smallest absolute Gasteiger partial charge is 0.145 e. The van der Waals surface area contributed by atoms with E-state index in [4.69, 9.17) is 27.9 Å². The van der Waals surface area contributed by atoms with Gasteiger partial charge in [-0.3, -0.25) is 4.90 Å². The number of nitriles is 1. The largest absolute Gasteiger partial charge is 0.395 e. The van der Waals surface area contributed by atoms with Crippen molar-refractivity contribution in [3.63, 3.8) is 0 Å². The molecule has 1 N–H and O–H groups in total. The van der Waals surface area contributed by atoms with Crippen LogP contribution >= 0.6 is 23.2 Å². The van der Waals surface area contributed by atoms with Crippen LogP contribution in [0.4, 0.5) is 8.78 Å². The molecule has 0 bridgehead atoms. The lowest BCUT2D eigenvalue weighted by atomic mass is 9.62. The Morgan fingerprint density at radius 3 is 2.49 bits per heavy atom. The third-order valence-electron chi connectivity index (χ3n) is 8.47. The Labute approximate surface area is 240 Å². The van der Waals surface area contributed by atoms with Gasteiger partial charge in [0.1, 0.15) is 17.0 Å². The Morgan fingerprint density at radius 2 is 1.87 bits per heavy atom. The summed E-state index contributed by atoms with van der Waals surface area (Å²) >= 11 is 12.4. The number of benzene rings is 2. The fourth-order valence-corrected chi connectivity index (χ4v) is 7.11.